The number of hydrogen-bond donors (Lipinski definition) is 1. The molecule has 1 spiro atoms. The lowest BCUT2D eigenvalue weighted by atomic mass is 9.48. The normalized spacial score (nSPS) is 27.6. The summed E-state index contributed by atoms with van der Waals surface area (Å²) in [4.78, 5) is 18.6. The van der Waals surface area contributed by atoms with Crippen LogP contribution in [0.1, 0.15) is 72.0 Å². The van der Waals surface area contributed by atoms with Crippen LogP contribution in [-0.2, 0) is 18.3 Å². The van der Waals surface area contributed by atoms with E-state index in [4.69, 9.17) is 9.47 Å². The standard InChI is InChI=1S/C40H48N2O4/c1-3-24-41-26-23-39-36-31-19-20-34(45-2)37(36)46-38(39)32(21-22-40(39,44)35(41)27-31)42(28-33(43)30-17-11-7-12-18-30)25-13-5-4-8-14-29-15-9-6-10-16-29/h3,6-7,9-12,15-20,32,35,38,44H,1,4-5,8,13-14,21-28H2,2H3/t32-,35+,38-,39-,40+/m0/s1. The zero-order valence-corrected chi connectivity index (χ0v) is 27.2. The van der Waals surface area contributed by atoms with Crippen molar-refractivity contribution >= 4 is 5.78 Å². The van der Waals surface area contributed by atoms with Gasteiger partial charge in [0.15, 0.2) is 17.3 Å². The van der Waals surface area contributed by atoms with E-state index >= 15 is 0 Å². The van der Waals surface area contributed by atoms with Gasteiger partial charge in [-0.2, -0.15) is 0 Å². The van der Waals surface area contributed by atoms with E-state index in [1.165, 1.54) is 17.5 Å². The summed E-state index contributed by atoms with van der Waals surface area (Å²) in [6, 6.07) is 24.6. The largest absolute Gasteiger partial charge is 0.493 e. The van der Waals surface area contributed by atoms with Crippen LogP contribution in [0.4, 0.5) is 0 Å². The lowest BCUT2D eigenvalue weighted by Gasteiger charge is -2.64. The van der Waals surface area contributed by atoms with E-state index in [9.17, 15) is 9.90 Å². The van der Waals surface area contributed by atoms with Crippen LogP contribution >= 0.6 is 0 Å². The molecule has 6 nitrogen and oxygen atoms in total. The molecule has 0 amide bonds. The van der Waals surface area contributed by atoms with Crippen molar-refractivity contribution in [2.24, 2.45) is 0 Å². The van der Waals surface area contributed by atoms with Gasteiger partial charge in [0.2, 0.25) is 0 Å². The van der Waals surface area contributed by atoms with Gasteiger partial charge >= 0.3 is 0 Å². The summed E-state index contributed by atoms with van der Waals surface area (Å²) in [5.74, 6) is 1.68. The smallest absolute Gasteiger partial charge is 0.176 e. The number of nitrogens with zero attached hydrogens (tertiary/aromatic N) is 2. The summed E-state index contributed by atoms with van der Waals surface area (Å²) < 4.78 is 12.9. The Morgan fingerprint density at radius 3 is 2.57 bits per heavy atom. The van der Waals surface area contributed by atoms with Crippen LogP contribution < -0.4 is 9.47 Å². The van der Waals surface area contributed by atoms with Gasteiger partial charge in [0.25, 0.3) is 0 Å². The third-order valence-corrected chi connectivity index (χ3v) is 11.5. The van der Waals surface area contributed by atoms with Crippen LogP contribution in [0, 0.1) is 0 Å². The van der Waals surface area contributed by atoms with Crippen molar-refractivity contribution in [1.82, 2.24) is 9.80 Å². The number of benzene rings is 3. The number of carbonyl (C=O) groups excluding carboxylic acids is 1. The van der Waals surface area contributed by atoms with Crippen molar-refractivity contribution in [3.8, 4) is 11.5 Å². The molecule has 2 fully saturated rings. The predicted octanol–water partition coefficient (Wildman–Crippen LogP) is 6.39. The number of methoxy groups -OCH3 is 1. The Kier molecular flexibility index (Phi) is 8.79. The lowest BCUT2D eigenvalue weighted by Crippen LogP contribution is -2.78. The molecule has 2 aliphatic heterocycles. The Labute approximate surface area is 274 Å². The summed E-state index contributed by atoms with van der Waals surface area (Å²) in [5.41, 5.74) is 3.09. The Balaban J connectivity index is 1.17. The number of piperidine rings is 1. The maximum absolute atomic E-state index is 13.8. The topological polar surface area (TPSA) is 62.2 Å². The maximum atomic E-state index is 13.8. The van der Waals surface area contributed by atoms with Gasteiger partial charge in [-0.05, 0) is 75.2 Å². The molecule has 5 atom stereocenters. The van der Waals surface area contributed by atoms with Crippen LogP contribution in [-0.4, -0.2) is 77.8 Å². The number of ketones is 1. The van der Waals surface area contributed by atoms with Gasteiger partial charge in [-0.25, -0.2) is 0 Å². The van der Waals surface area contributed by atoms with Crippen LogP contribution in [0.3, 0.4) is 0 Å². The molecule has 3 aromatic rings. The Morgan fingerprint density at radius 2 is 1.80 bits per heavy atom. The maximum Gasteiger partial charge on any atom is 0.176 e. The highest BCUT2D eigenvalue weighted by atomic mass is 16.5. The first-order valence-electron chi connectivity index (χ1n) is 17.3. The highest BCUT2D eigenvalue weighted by molar-refractivity contribution is 5.97. The summed E-state index contributed by atoms with van der Waals surface area (Å²) in [6.07, 6.45) is 10.3. The second-order valence-corrected chi connectivity index (χ2v) is 13.8. The number of aryl methyl sites for hydroxylation is 1. The fourth-order valence-electron chi connectivity index (χ4n) is 9.42. The molecule has 1 saturated carbocycles. The number of hydrogen-bond acceptors (Lipinski definition) is 6. The number of ether oxygens (including phenoxy) is 2. The minimum atomic E-state index is -0.924. The van der Waals surface area contributed by atoms with E-state index in [0.29, 0.717) is 13.0 Å². The molecule has 4 aliphatic rings. The molecule has 3 aromatic carbocycles. The van der Waals surface area contributed by atoms with Gasteiger partial charge in [0.05, 0.1) is 24.7 Å². The summed E-state index contributed by atoms with van der Waals surface area (Å²) >= 11 is 0. The lowest BCUT2D eigenvalue weighted by molar-refractivity contribution is -0.198. The van der Waals surface area contributed by atoms with Crippen molar-refractivity contribution in [1.29, 1.82) is 0 Å². The zero-order chi connectivity index (χ0) is 31.7. The SMILES string of the molecule is C=CCN1CC[C@]23c4c5ccc(OC)c4O[C@H]2[C@@H](N(CCCCCCc2ccccc2)CC(=O)c2ccccc2)CC[C@@]3(O)[C@H]1C5. The number of likely N-dealkylation sites (tertiary alicyclic amines) is 1. The molecule has 1 saturated heterocycles. The summed E-state index contributed by atoms with van der Waals surface area (Å²) in [5, 5.41) is 12.9. The quantitative estimate of drug-likeness (QED) is 0.128. The van der Waals surface area contributed by atoms with Crippen molar-refractivity contribution in [2.45, 2.75) is 87.0 Å². The summed E-state index contributed by atoms with van der Waals surface area (Å²) in [6.45, 7) is 6.84. The number of carbonyl (C=O) groups is 1. The molecule has 2 bridgehead atoms. The van der Waals surface area contributed by atoms with Crippen molar-refractivity contribution < 1.29 is 19.4 Å². The van der Waals surface area contributed by atoms with Gasteiger partial charge in [-0.3, -0.25) is 14.6 Å². The number of rotatable bonds is 14. The van der Waals surface area contributed by atoms with Gasteiger partial charge in [0.1, 0.15) is 6.10 Å². The Morgan fingerprint density at radius 1 is 1.04 bits per heavy atom. The van der Waals surface area contributed by atoms with Crippen molar-refractivity contribution in [3.63, 3.8) is 0 Å². The third-order valence-electron chi connectivity index (χ3n) is 11.5. The average molecular weight is 621 g/mol. The monoisotopic (exact) mass is 620 g/mol. The molecule has 0 aromatic heterocycles. The molecule has 2 aliphatic carbocycles. The minimum Gasteiger partial charge on any atom is -0.493 e. The van der Waals surface area contributed by atoms with Gasteiger partial charge in [-0.1, -0.05) is 85.6 Å². The predicted molar refractivity (Wildman–Crippen MR) is 182 cm³/mol. The fourth-order valence-corrected chi connectivity index (χ4v) is 9.42. The molecule has 46 heavy (non-hydrogen) atoms. The second-order valence-electron chi connectivity index (χ2n) is 13.8. The Hall–Kier alpha value is -3.45. The van der Waals surface area contributed by atoms with E-state index in [0.717, 1.165) is 87.2 Å². The van der Waals surface area contributed by atoms with Gasteiger partial charge < -0.3 is 14.6 Å². The molecule has 7 rings (SSSR count). The Bertz CT molecular complexity index is 1540. The molecule has 2 heterocycles. The van der Waals surface area contributed by atoms with Crippen LogP contribution in [0.2, 0.25) is 0 Å². The van der Waals surface area contributed by atoms with Crippen LogP contribution in [0.5, 0.6) is 11.5 Å². The number of Topliss-reactive ketones (excluding diaryl/α,β-unsaturated/α-hetero) is 1. The van der Waals surface area contributed by atoms with Crippen molar-refractivity contribution in [3.05, 3.63) is 108 Å². The summed E-state index contributed by atoms with van der Waals surface area (Å²) in [7, 11) is 1.70. The highest BCUT2D eigenvalue weighted by Crippen LogP contribution is 2.66. The second kappa shape index (κ2) is 13.0. The first-order chi connectivity index (χ1) is 22.5. The number of unbranched alkanes of at least 4 members (excludes halogenated alkanes) is 3. The molecule has 1 N–H and O–H groups in total. The van der Waals surface area contributed by atoms with Gasteiger partial charge in [0, 0.05) is 29.8 Å². The van der Waals surface area contributed by atoms with E-state index < -0.39 is 11.0 Å². The number of aliphatic hydroxyl groups is 1. The molecule has 0 radical (unpaired) electrons. The molecular weight excluding hydrogens is 572 g/mol. The molecular formula is C40H48N2O4. The zero-order valence-electron chi connectivity index (χ0n) is 27.2. The van der Waals surface area contributed by atoms with Crippen molar-refractivity contribution in [2.75, 3.05) is 33.3 Å². The highest BCUT2D eigenvalue weighted by Gasteiger charge is 2.73. The van der Waals surface area contributed by atoms with E-state index in [1.54, 1.807) is 7.11 Å². The molecule has 6 heteroatoms. The van der Waals surface area contributed by atoms with E-state index in [1.807, 2.05) is 42.5 Å². The van der Waals surface area contributed by atoms with Crippen LogP contribution in [0.15, 0.2) is 85.5 Å². The third kappa shape index (κ3) is 5.19. The first kappa shape index (κ1) is 31.2. The van der Waals surface area contributed by atoms with Crippen LogP contribution in [0.25, 0.3) is 0 Å². The molecule has 0 unspecified atom stereocenters. The minimum absolute atomic E-state index is 0.00200. The van der Waals surface area contributed by atoms with E-state index in [2.05, 4.69) is 52.8 Å². The fraction of sp³-hybridized carbons (Fsp3) is 0.475. The molecule has 242 valence electrons. The first-order valence-corrected chi connectivity index (χ1v) is 17.3. The average Bonchev–Trinajstić information content (AvgIpc) is 3.43. The van der Waals surface area contributed by atoms with Gasteiger partial charge in [-0.15, -0.1) is 6.58 Å². The van der Waals surface area contributed by atoms with E-state index in [-0.39, 0.29) is 24.0 Å².